The van der Waals surface area contributed by atoms with Crippen LogP contribution in [0, 0.1) is 0 Å². The topological polar surface area (TPSA) is 67.8 Å². The molecule has 0 saturated heterocycles. The van der Waals surface area contributed by atoms with Crippen molar-refractivity contribution in [3.63, 3.8) is 0 Å². The predicted octanol–water partition coefficient (Wildman–Crippen LogP) is 3.06. The zero-order valence-corrected chi connectivity index (χ0v) is 11.3. The molecule has 1 unspecified atom stereocenters. The van der Waals surface area contributed by atoms with Gasteiger partial charge in [-0.2, -0.15) is 13.2 Å². The summed E-state index contributed by atoms with van der Waals surface area (Å²) < 4.78 is 38.6. The molecule has 0 spiro atoms. The summed E-state index contributed by atoms with van der Waals surface area (Å²) in [6, 6.07) is 11.0. The van der Waals surface area contributed by atoms with E-state index in [1.165, 1.54) is 36.4 Å². The number of hydrogen-bond donors (Lipinski definition) is 2. The van der Waals surface area contributed by atoms with Crippen LogP contribution in [0.4, 0.5) is 13.2 Å². The zero-order valence-electron chi connectivity index (χ0n) is 11.3. The SMILES string of the molecule is NC(/C(=N\Oc1cccc(O)c1)c1ccccc1)C(F)(F)F. The Kier molecular flexibility index (Phi) is 4.67. The highest BCUT2D eigenvalue weighted by Crippen LogP contribution is 2.23. The average Bonchev–Trinajstić information content (AvgIpc) is 2.47. The maximum Gasteiger partial charge on any atom is 0.409 e. The van der Waals surface area contributed by atoms with Crippen molar-refractivity contribution >= 4 is 5.71 Å². The number of alkyl halides is 3. The molecule has 0 aliphatic rings. The van der Waals surface area contributed by atoms with Crippen LogP contribution in [0.2, 0.25) is 0 Å². The quantitative estimate of drug-likeness (QED) is 0.673. The number of oxime groups is 1. The normalized spacial score (nSPS) is 13.7. The molecule has 0 aliphatic carbocycles. The monoisotopic (exact) mass is 310 g/mol. The molecule has 116 valence electrons. The number of nitrogens with zero attached hydrogens (tertiary/aromatic N) is 1. The molecule has 2 aromatic carbocycles. The van der Waals surface area contributed by atoms with Gasteiger partial charge in [0.2, 0.25) is 0 Å². The molecule has 2 aromatic rings. The minimum Gasteiger partial charge on any atom is -0.508 e. The van der Waals surface area contributed by atoms with Crippen molar-refractivity contribution in [2.75, 3.05) is 0 Å². The lowest BCUT2D eigenvalue weighted by Gasteiger charge is -2.17. The molecule has 0 aromatic heterocycles. The minimum atomic E-state index is -4.66. The third kappa shape index (κ3) is 3.98. The summed E-state index contributed by atoms with van der Waals surface area (Å²) in [4.78, 5) is 4.97. The van der Waals surface area contributed by atoms with Gasteiger partial charge in [-0.3, -0.25) is 0 Å². The lowest BCUT2D eigenvalue weighted by atomic mass is 10.0. The molecule has 0 bridgehead atoms. The summed E-state index contributed by atoms with van der Waals surface area (Å²) in [5.41, 5.74) is 4.99. The van der Waals surface area contributed by atoms with Crippen molar-refractivity contribution in [3.8, 4) is 11.5 Å². The van der Waals surface area contributed by atoms with Crippen molar-refractivity contribution in [1.82, 2.24) is 0 Å². The third-order valence-corrected chi connectivity index (χ3v) is 2.78. The van der Waals surface area contributed by atoms with Crippen LogP contribution in [0.25, 0.3) is 0 Å². The van der Waals surface area contributed by atoms with Gasteiger partial charge in [-0.15, -0.1) is 0 Å². The van der Waals surface area contributed by atoms with E-state index in [2.05, 4.69) is 5.16 Å². The fourth-order valence-corrected chi connectivity index (χ4v) is 1.70. The van der Waals surface area contributed by atoms with Crippen LogP contribution < -0.4 is 10.6 Å². The maximum absolute atomic E-state index is 12.9. The fraction of sp³-hybridized carbons (Fsp3) is 0.133. The highest BCUT2D eigenvalue weighted by molar-refractivity contribution is 6.04. The number of benzene rings is 2. The van der Waals surface area contributed by atoms with E-state index < -0.39 is 17.9 Å². The van der Waals surface area contributed by atoms with E-state index >= 15 is 0 Å². The Labute approximate surface area is 124 Å². The van der Waals surface area contributed by atoms with E-state index in [0.717, 1.165) is 0 Å². The predicted molar refractivity (Wildman–Crippen MR) is 75.7 cm³/mol. The number of halogens is 3. The first kappa shape index (κ1) is 15.8. The van der Waals surface area contributed by atoms with Crippen molar-refractivity contribution in [3.05, 3.63) is 60.2 Å². The number of aromatic hydroxyl groups is 1. The summed E-state index contributed by atoms with van der Waals surface area (Å²) in [6.45, 7) is 0. The minimum absolute atomic E-state index is 0.0888. The summed E-state index contributed by atoms with van der Waals surface area (Å²) in [6.07, 6.45) is -4.66. The Bertz CT molecular complexity index is 657. The highest BCUT2D eigenvalue weighted by Gasteiger charge is 2.41. The molecule has 0 fully saturated rings. The maximum atomic E-state index is 12.9. The van der Waals surface area contributed by atoms with Crippen molar-refractivity contribution in [2.24, 2.45) is 10.9 Å². The van der Waals surface area contributed by atoms with Gasteiger partial charge in [0.25, 0.3) is 0 Å². The molecule has 0 aliphatic heterocycles. The Balaban J connectivity index is 2.34. The lowest BCUT2D eigenvalue weighted by molar-refractivity contribution is -0.132. The van der Waals surface area contributed by atoms with Gasteiger partial charge in [0, 0.05) is 11.6 Å². The lowest BCUT2D eigenvalue weighted by Crippen LogP contribution is -2.45. The molecule has 3 N–H and O–H groups in total. The molecule has 0 saturated carbocycles. The van der Waals surface area contributed by atoms with E-state index in [0.29, 0.717) is 0 Å². The second-order valence-electron chi connectivity index (χ2n) is 4.45. The van der Waals surface area contributed by atoms with Crippen LogP contribution in [0.1, 0.15) is 5.56 Å². The van der Waals surface area contributed by atoms with Crippen molar-refractivity contribution in [1.29, 1.82) is 0 Å². The zero-order chi connectivity index (χ0) is 16.2. The molecule has 4 nitrogen and oxygen atoms in total. The molecule has 2 rings (SSSR count). The molecule has 0 amide bonds. The second kappa shape index (κ2) is 6.48. The van der Waals surface area contributed by atoms with Gasteiger partial charge >= 0.3 is 6.18 Å². The van der Waals surface area contributed by atoms with E-state index in [1.54, 1.807) is 18.2 Å². The Morgan fingerprint density at radius 2 is 1.77 bits per heavy atom. The molecule has 0 heterocycles. The molecule has 7 heteroatoms. The number of phenols is 1. The number of hydrogen-bond acceptors (Lipinski definition) is 4. The van der Waals surface area contributed by atoms with E-state index in [-0.39, 0.29) is 17.1 Å². The van der Waals surface area contributed by atoms with Crippen LogP contribution >= 0.6 is 0 Å². The van der Waals surface area contributed by atoms with Crippen LogP contribution in [0.5, 0.6) is 11.5 Å². The first-order chi connectivity index (χ1) is 10.4. The number of nitrogens with two attached hydrogens (primary N) is 1. The van der Waals surface area contributed by atoms with Crippen molar-refractivity contribution in [2.45, 2.75) is 12.2 Å². The summed E-state index contributed by atoms with van der Waals surface area (Å²) in [7, 11) is 0. The Morgan fingerprint density at radius 3 is 2.36 bits per heavy atom. The van der Waals surface area contributed by atoms with Gasteiger partial charge in [-0.1, -0.05) is 41.6 Å². The third-order valence-electron chi connectivity index (χ3n) is 2.78. The van der Waals surface area contributed by atoms with Crippen LogP contribution in [-0.2, 0) is 0 Å². The molecular weight excluding hydrogens is 297 g/mol. The van der Waals surface area contributed by atoms with Gasteiger partial charge in [0.1, 0.15) is 17.5 Å². The molecule has 22 heavy (non-hydrogen) atoms. The van der Waals surface area contributed by atoms with Gasteiger partial charge < -0.3 is 15.7 Å². The Hall–Kier alpha value is -2.54. The largest absolute Gasteiger partial charge is 0.508 e. The summed E-state index contributed by atoms with van der Waals surface area (Å²) >= 11 is 0. The average molecular weight is 310 g/mol. The van der Waals surface area contributed by atoms with Gasteiger partial charge in [-0.25, -0.2) is 0 Å². The van der Waals surface area contributed by atoms with Crippen LogP contribution in [-0.4, -0.2) is 23.0 Å². The summed E-state index contributed by atoms with van der Waals surface area (Å²) in [5, 5.41) is 12.8. The number of phenolic OH excluding ortho intramolecular Hbond substituents is 1. The number of rotatable bonds is 4. The van der Waals surface area contributed by atoms with E-state index in [9.17, 15) is 18.3 Å². The fourth-order valence-electron chi connectivity index (χ4n) is 1.70. The molecule has 0 radical (unpaired) electrons. The highest BCUT2D eigenvalue weighted by atomic mass is 19.4. The standard InChI is InChI=1S/C15H13F3N2O2/c16-15(17,18)14(19)13(10-5-2-1-3-6-10)20-22-12-8-4-7-11(21)9-12/h1-9,14,21H,19H2/b20-13-. The first-order valence-electron chi connectivity index (χ1n) is 6.29. The smallest absolute Gasteiger partial charge is 0.409 e. The first-order valence-corrected chi connectivity index (χ1v) is 6.29. The van der Waals surface area contributed by atoms with Crippen LogP contribution in [0.15, 0.2) is 59.8 Å². The van der Waals surface area contributed by atoms with Crippen molar-refractivity contribution < 1.29 is 23.1 Å². The Morgan fingerprint density at radius 1 is 1.09 bits per heavy atom. The van der Waals surface area contributed by atoms with Gasteiger partial charge in [0.05, 0.1) is 0 Å². The molecular formula is C15H13F3N2O2. The molecule has 1 atom stereocenters. The summed E-state index contributed by atoms with van der Waals surface area (Å²) in [5.74, 6) is 0.0110. The van der Waals surface area contributed by atoms with Gasteiger partial charge in [0.15, 0.2) is 5.75 Å². The van der Waals surface area contributed by atoms with E-state index in [4.69, 9.17) is 10.6 Å². The van der Waals surface area contributed by atoms with Crippen LogP contribution in [0.3, 0.4) is 0 Å². The van der Waals surface area contributed by atoms with Gasteiger partial charge in [-0.05, 0) is 12.1 Å². The second-order valence-corrected chi connectivity index (χ2v) is 4.45. The van der Waals surface area contributed by atoms with E-state index in [1.807, 2.05) is 0 Å².